The zero-order valence-corrected chi connectivity index (χ0v) is 11.6. The van der Waals surface area contributed by atoms with Gasteiger partial charge in [0.1, 0.15) is 11.6 Å². The van der Waals surface area contributed by atoms with Crippen LogP contribution < -0.4 is 11.3 Å². The fourth-order valence-electron chi connectivity index (χ4n) is 2.25. The van der Waals surface area contributed by atoms with Gasteiger partial charge in [-0.1, -0.05) is 24.3 Å². The van der Waals surface area contributed by atoms with Crippen LogP contribution in [0.3, 0.4) is 0 Å². The van der Waals surface area contributed by atoms with Crippen LogP contribution in [0.4, 0.5) is 8.78 Å². The maximum atomic E-state index is 13.8. The zero-order valence-electron chi connectivity index (χ0n) is 11.6. The van der Waals surface area contributed by atoms with Crippen LogP contribution in [0.15, 0.2) is 36.4 Å². The second-order valence-electron chi connectivity index (χ2n) is 4.98. The first-order chi connectivity index (χ1) is 9.52. The van der Waals surface area contributed by atoms with E-state index in [1.807, 2.05) is 32.0 Å². The van der Waals surface area contributed by atoms with E-state index in [0.717, 1.165) is 11.1 Å². The van der Waals surface area contributed by atoms with Crippen molar-refractivity contribution in [3.63, 3.8) is 0 Å². The molecule has 0 amide bonds. The molecule has 0 fully saturated rings. The lowest BCUT2D eigenvalue weighted by molar-refractivity contribution is 0.473. The smallest absolute Gasteiger partial charge is 0.130 e. The van der Waals surface area contributed by atoms with Gasteiger partial charge in [0.25, 0.3) is 0 Å². The molecule has 0 radical (unpaired) electrons. The number of nitrogens with one attached hydrogen (secondary N) is 1. The van der Waals surface area contributed by atoms with E-state index in [2.05, 4.69) is 5.43 Å². The van der Waals surface area contributed by atoms with E-state index >= 15 is 0 Å². The van der Waals surface area contributed by atoms with E-state index in [1.54, 1.807) is 0 Å². The van der Waals surface area contributed by atoms with Gasteiger partial charge in [-0.15, -0.1) is 0 Å². The van der Waals surface area contributed by atoms with E-state index in [-0.39, 0.29) is 5.56 Å². The number of hydrogen-bond donors (Lipinski definition) is 2. The lowest BCUT2D eigenvalue weighted by atomic mass is 9.96. The standard InChI is InChI=1S/C16H18F2N2/c1-10-6-7-12(8-11(10)2)9-15(20-19)16-13(17)4-3-5-14(16)18/h3-8,15,20H,9,19H2,1-2H3. The molecule has 20 heavy (non-hydrogen) atoms. The highest BCUT2D eigenvalue weighted by Crippen LogP contribution is 2.24. The van der Waals surface area contributed by atoms with Crippen molar-refractivity contribution in [2.24, 2.45) is 5.84 Å². The highest BCUT2D eigenvalue weighted by Gasteiger charge is 2.19. The normalized spacial score (nSPS) is 12.4. The van der Waals surface area contributed by atoms with E-state index in [9.17, 15) is 8.78 Å². The quantitative estimate of drug-likeness (QED) is 0.664. The average molecular weight is 276 g/mol. The number of hydrogen-bond acceptors (Lipinski definition) is 2. The predicted molar refractivity (Wildman–Crippen MR) is 76.0 cm³/mol. The van der Waals surface area contributed by atoms with Crippen LogP contribution in [0.5, 0.6) is 0 Å². The van der Waals surface area contributed by atoms with Crippen LogP contribution in [0, 0.1) is 25.5 Å². The van der Waals surface area contributed by atoms with Gasteiger partial charge in [-0.2, -0.15) is 0 Å². The summed E-state index contributed by atoms with van der Waals surface area (Å²) < 4.78 is 27.6. The molecule has 0 aliphatic rings. The summed E-state index contributed by atoms with van der Waals surface area (Å²) in [5.74, 6) is 4.30. The first-order valence-electron chi connectivity index (χ1n) is 6.49. The summed E-state index contributed by atoms with van der Waals surface area (Å²) in [4.78, 5) is 0. The topological polar surface area (TPSA) is 38.0 Å². The van der Waals surface area contributed by atoms with Gasteiger partial charge in [-0.3, -0.25) is 11.3 Å². The number of rotatable bonds is 4. The largest absolute Gasteiger partial charge is 0.271 e. The van der Waals surface area contributed by atoms with Crippen molar-refractivity contribution >= 4 is 0 Å². The van der Waals surface area contributed by atoms with Crippen molar-refractivity contribution < 1.29 is 8.78 Å². The molecule has 0 spiro atoms. The van der Waals surface area contributed by atoms with Crippen molar-refractivity contribution in [3.8, 4) is 0 Å². The monoisotopic (exact) mass is 276 g/mol. The fourth-order valence-corrected chi connectivity index (χ4v) is 2.25. The summed E-state index contributed by atoms with van der Waals surface area (Å²) >= 11 is 0. The Morgan fingerprint density at radius 2 is 1.70 bits per heavy atom. The third kappa shape index (κ3) is 3.03. The second-order valence-corrected chi connectivity index (χ2v) is 4.98. The molecule has 4 heteroatoms. The third-order valence-corrected chi connectivity index (χ3v) is 3.56. The molecule has 0 saturated heterocycles. The van der Waals surface area contributed by atoms with Crippen molar-refractivity contribution in [3.05, 3.63) is 70.3 Å². The van der Waals surface area contributed by atoms with Crippen molar-refractivity contribution in [1.29, 1.82) is 0 Å². The molecule has 2 aromatic rings. The van der Waals surface area contributed by atoms with Gasteiger partial charge in [-0.05, 0) is 49.1 Å². The first-order valence-corrected chi connectivity index (χ1v) is 6.49. The maximum absolute atomic E-state index is 13.8. The van der Waals surface area contributed by atoms with Crippen molar-refractivity contribution in [1.82, 2.24) is 5.43 Å². The molecule has 0 aliphatic heterocycles. The molecule has 2 rings (SSSR count). The van der Waals surface area contributed by atoms with Gasteiger partial charge in [0.2, 0.25) is 0 Å². The fraction of sp³-hybridized carbons (Fsp3) is 0.250. The average Bonchev–Trinajstić information content (AvgIpc) is 2.41. The second kappa shape index (κ2) is 6.11. The molecule has 0 heterocycles. The Kier molecular flexibility index (Phi) is 4.47. The molecule has 2 nitrogen and oxygen atoms in total. The van der Waals surface area contributed by atoms with Crippen molar-refractivity contribution in [2.45, 2.75) is 26.3 Å². The van der Waals surface area contributed by atoms with E-state index in [1.165, 1.54) is 23.8 Å². The maximum Gasteiger partial charge on any atom is 0.130 e. The highest BCUT2D eigenvalue weighted by molar-refractivity contribution is 5.32. The zero-order chi connectivity index (χ0) is 14.7. The van der Waals surface area contributed by atoms with Crippen LogP contribution >= 0.6 is 0 Å². The molecule has 0 bridgehead atoms. The van der Waals surface area contributed by atoms with Gasteiger partial charge in [0.15, 0.2) is 0 Å². The Hall–Kier alpha value is -1.78. The van der Waals surface area contributed by atoms with Crippen LogP contribution in [0.2, 0.25) is 0 Å². The molecule has 0 aliphatic carbocycles. The minimum atomic E-state index is -0.599. The molecular weight excluding hydrogens is 258 g/mol. The Balaban J connectivity index is 2.31. The molecular formula is C16H18F2N2. The summed E-state index contributed by atoms with van der Waals surface area (Å²) in [6.45, 7) is 4.03. The van der Waals surface area contributed by atoms with Crippen LogP contribution in [-0.2, 0) is 6.42 Å². The molecule has 106 valence electrons. The Labute approximate surface area is 117 Å². The lowest BCUT2D eigenvalue weighted by Gasteiger charge is -2.18. The SMILES string of the molecule is Cc1ccc(CC(NN)c2c(F)cccc2F)cc1C. The summed E-state index contributed by atoms with van der Waals surface area (Å²) in [6.07, 6.45) is 0.426. The van der Waals surface area contributed by atoms with Gasteiger partial charge in [0, 0.05) is 5.56 Å². The van der Waals surface area contributed by atoms with E-state index in [0.29, 0.717) is 6.42 Å². The molecule has 1 unspecified atom stereocenters. The van der Waals surface area contributed by atoms with E-state index in [4.69, 9.17) is 5.84 Å². The Morgan fingerprint density at radius 3 is 2.25 bits per heavy atom. The molecule has 1 atom stereocenters. The Bertz CT molecular complexity index is 591. The van der Waals surface area contributed by atoms with Crippen molar-refractivity contribution in [2.75, 3.05) is 0 Å². The Morgan fingerprint density at radius 1 is 1.05 bits per heavy atom. The number of hydrazine groups is 1. The minimum absolute atomic E-state index is 0.0202. The molecule has 2 aromatic carbocycles. The van der Waals surface area contributed by atoms with Gasteiger partial charge >= 0.3 is 0 Å². The number of halogens is 2. The van der Waals surface area contributed by atoms with Crippen LogP contribution in [-0.4, -0.2) is 0 Å². The van der Waals surface area contributed by atoms with Crippen LogP contribution in [0.25, 0.3) is 0 Å². The number of nitrogens with two attached hydrogens (primary N) is 1. The first kappa shape index (κ1) is 14.6. The van der Waals surface area contributed by atoms with E-state index < -0.39 is 17.7 Å². The summed E-state index contributed by atoms with van der Waals surface area (Å²) in [5, 5.41) is 0. The number of benzene rings is 2. The van der Waals surface area contributed by atoms with Crippen LogP contribution in [0.1, 0.15) is 28.3 Å². The lowest BCUT2D eigenvalue weighted by Crippen LogP contribution is -2.31. The highest BCUT2D eigenvalue weighted by atomic mass is 19.1. The summed E-state index contributed by atoms with van der Waals surface area (Å²) in [5.41, 5.74) is 5.80. The number of aryl methyl sites for hydroxylation is 2. The summed E-state index contributed by atoms with van der Waals surface area (Å²) in [6, 6.07) is 9.18. The van der Waals surface area contributed by atoms with Gasteiger partial charge in [0.05, 0.1) is 6.04 Å². The van der Waals surface area contributed by atoms with Gasteiger partial charge < -0.3 is 0 Å². The van der Waals surface area contributed by atoms with Gasteiger partial charge in [-0.25, -0.2) is 8.78 Å². The third-order valence-electron chi connectivity index (χ3n) is 3.56. The molecule has 0 aromatic heterocycles. The predicted octanol–water partition coefficient (Wildman–Crippen LogP) is 3.33. The molecule has 3 N–H and O–H groups in total. The molecule has 0 saturated carbocycles. The minimum Gasteiger partial charge on any atom is -0.271 e. The summed E-state index contributed by atoms with van der Waals surface area (Å²) in [7, 11) is 0.